The fourth-order valence-electron chi connectivity index (χ4n) is 3.12. The Hall–Kier alpha value is -2.94. The molecule has 0 saturated heterocycles. The molecule has 28 heavy (non-hydrogen) atoms. The lowest BCUT2D eigenvalue weighted by Crippen LogP contribution is -2.12. The van der Waals surface area contributed by atoms with Crippen molar-refractivity contribution in [1.82, 2.24) is 0 Å². The molecule has 0 aliphatic rings. The molecule has 0 aliphatic carbocycles. The highest BCUT2D eigenvalue weighted by molar-refractivity contribution is 5.48. The average Bonchev–Trinajstić information content (AvgIpc) is 2.71. The Kier molecular flexibility index (Phi) is 7.36. The maximum absolute atomic E-state index is 5.90. The molecule has 3 heteroatoms. The molecule has 1 N–H and O–H groups in total. The zero-order chi connectivity index (χ0) is 19.6. The Balaban J connectivity index is 1.38. The van der Waals surface area contributed by atoms with Crippen molar-refractivity contribution >= 4 is 5.69 Å². The van der Waals surface area contributed by atoms with Crippen LogP contribution in [0, 0.1) is 13.8 Å². The van der Waals surface area contributed by atoms with Crippen LogP contribution in [0.25, 0.3) is 0 Å². The first-order valence-electron chi connectivity index (χ1n) is 9.91. The van der Waals surface area contributed by atoms with Crippen LogP contribution in [-0.4, -0.2) is 19.8 Å². The number of nitrogens with one attached hydrogen (secondary N) is 1. The van der Waals surface area contributed by atoms with Crippen molar-refractivity contribution in [2.24, 2.45) is 0 Å². The summed E-state index contributed by atoms with van der Waals surface area (Å²) < 4.78 is 11.8. The topological polar surface area (TPSA) is 30.5 Å². The minimum Gasteiger partial charge on any atom is -0.494 e. The Morgan fingerprint density at radius 2 is 1.64 bits per heavy atom. The van der Waals surface area contributed by atoms with E-state index in [0.29, 0.717) is 13.2 Å². The van der Waals surface area contributed by atoms with Crippen molar-refractivity contribution in [3.8, 4) is 11.5 Å². The molecule has 0 amide bonds. The molecule has 0 aromatic heterocycles. The van der Waals surface area contributed by atoms with Crippen molar-refractivity contribution in [2.75, 3.05) is 25.1 Å². The van der Waals surface area contributed by atoms with Crippen LogP contribution in [0.1, 0.15) is 23.1 Å². The molecule has 0 saturated carbocycles. The van der Waals surface area contributed by atoms with E-state index in [0.717, 1.165) is 36.6 Å². The van der Waals surface area contributed by atoms with Crippen molar-refractivity contribution in [1.29, 1.82) is 0 Å². The van der Waals surface area contributed by atoms with Crippen LogP contribution in [0.5, 0.6) is 11.5 Å². The smallest absolute Gasteiger partial charge is 0.122 e. The summed E-state index contributed by atoms with van der Waals surface area (Å²) >= 11 is 0. The van der Waals surface area contributed by atoms with E-state index in [4.69, 9.17) is 9.47 Å². The van der Waals surface area contributed by atoms with Crippen LogP contribution in [0.2, 0.25) is 0 Å². The second-order valence-corrected chi connectivity index (χ2v) is 7.01. The Labute approximate surface area is 168 Å². The minimum absolute atomic E-state index is 0.617. The van der Waals surface area contributed by atoms with Gasteiger partial charge in [0.1, 0.15) is 18.1 Å². The Morgan fingerprint density at radius 3 is 2.46 bits per heavy atom. The van der Waals surface area contributed by atoms with E-state index in [1.165, 1.54) is 16.7 Å². The van der Waals surface area contributed by atoms with Crippen LogP contribution in [0.4, 0.5) is 5.69 Å². The zero-order valence-electron chi connectivity index (χ0n) is 16.8. The lowest BCUT2D eigenvalue weighted by Gasteiger charge is -2.12. The third-order valence-electron chi connectivity index (χ3n) is 4.57. The van der Waals surface area contributed by atoms with Crippen LogP contribution in [0.15, 0.2) is 72.8 Å². The van der Waals surface area contributed by atoms with E-state index in [2.05, 4.69) is 55.6 Å². The van der Waals surface area contributed by atoms with Crippen LogP contribution in [0.3, 0.4) is 0 Å². The van der Waals surface area contributed by atoms with Gasteiger partial charge in [0.2, 0.25) is 0 Å². The number of benzene rings is 3. The van der Waals surface area contributed by atoms with Gasteiger partial charge in [-0.1, -0.05) is 54.1 Å². The molecule has 0 heterocycles. The fraction of sp³-hybridized carbons (Fsp3) is 0.280. The van der Waals surface area contributed by atoms with Gasteiger partial charge in [0.05, 0.1) is 6.61 Å². The Bertz CT molecular complexity index is 861. The molecule has 0 spiro atoms. The number of anilines is 1. The van der Waals surface area contributed by atoms with Gasteiger partial charge in [-0.25, -0.2) is 0 Å². The van der Waals surface area contributed by atoms with E-state index in [9.17, 15) is 0 Å². The van der Waals surface area contributed by atoms with Crippen molar-refractivity contribution in [3.63, 3.8) is 0 Å². The lowest BCUT2D eigenvalue weighted by molar-refractivity contribution is 0.311. The molecule has 0 bridgehead atoms. The fourth-order valence-corrected chi connectivity index (χ4v) is 3.12. The number of hydrogen-bond acceptors (Lipinski definition) is 3. The first-order chi connectivity index (χ1) is 13.7. The zero-order valence-corrected chi connectivity index (χ0v) is 16.8. The van der Waals surface area contributed by atoms with E-state index in [-0.39, 0.29) is 0 Å². The molecule has 146 valence electrons. The number of hydrogen-bond donors (Lipinski definition) is 1. The van der Waals surface area contributed by atoms with Gasteiger partial charge < -0.3 is 14.8 Å². The highest BCUT2D eigenvalue weighted by Gasteiger charge is 2.01. The highest BCUT2D eigenvalue weighted by atomic mass is 16.5. The molecular formula is C25H29NO2. The van der Waals surface area contributed by atoms with Gasteiger partial charge in [-0.2, -0.15) is 0 Å². The SMILES string of the molecule is Cc1ccc(OCCNc2cccc(OCCCc3ccccc3)c2)c(C)c1. The maximum Gasteiger partial charge on any atom is 0.122 e. The lowest BCUT2D eigenvalue weighted by atomic mass is 10.1. The second-order valence-electron chi connectivity index (χ2n) is 7.01. The summed E-state index contributed by atoms with van der Waals surface area (Å²) in [7, 11) is 0. The van der Waals surface area contributed by atoms with Gasteiger partial charge in [-0.3, -0.25) is 0 Å². The number of rotatable bonds is 10. The van der Waals surface area contributed by atoms with E-state index < -0.39 is 0 Å². The quantitative estimate of drug-likeness (QED) is 0.454. The molecule has 3 aromatic rings. The normalized spacial score (nSPS) is 10.5. The third-order valence-corrected chi connectivity index (χ3v) is 4.57. The summed E-state index contributed by atoms with van der Waals surface area (Å²) in [5, 5.41) is 3.40. The molecule has 0 unspecified atom stereocenters. The minimum atomic E-state index is 0.617. The standard InChI is InChI=1S/C25H29NO2/c1-20-13-14-25(21(2)18-20)28-17-15-26-23-11-6-12-24(19-23)27-16-7-10-22-8-4-3-5-9-22/h3-6,8-9,11-14,18-19,26H,7,10,15-17H2,1-2H3. The molecule has 0 fully saturated rings. The van der Waals surface area contributed by atoms with Gasteiger partial charge in [-0.15, -0.1) is 0 Å². The van der Waals surface area contributed by atoms with E-state index >= 15 is 0 Å². The molecule has 0 atom stereocenters. The van der Waals surface area contributed by atoms with Crippen LogP contribution < -0.4 is 14.8 Å². The summed E-state index contributed by atoms with van der Waals surface area (Å²) in [4.78, 5) is 0. The summed E-state index contributed by atoms with van der Waals surface area (Å²) in [5.74, 6) is 1.84. The predicted octanol–water partition coefficient (Wildman–Crippen LogP) is 5.81. The predicted molar refractivity (Wildman–Crippen MR) is 117 cm³/mol. The molecule has 0 aliphatic heterocycles. The monoisotopic (exact) mass is 375 g/mol. The van der Waals surface area contributed by atoms with Crippen LogP contribution in [-0.2, 0) is 6.42 Å². The summed E-state index contributed by atoms with van der Waals surface area (Å²) in [6.45, 7) is 6.24. The first-order valence-corrected chi connectivity index (χ1v) is 9.91. The van der Waals surface area contributed by atoms with Gasteiger partial charge >= 0.3 is 0 Å². The van der Waals surface area contributed by atoms with Gasteiger partial charge in [0, 0.05) is 18.3 Å². The van der Waals surface area contributed by atoms with Crippen molar-refractivity contribution < 1.29 is 9.47 Å². The Morgan fingerprint density at radius 1 is 0.786 bits per heavy atom. The van der Waals surface area contributed by atoms with Gasteiger partial charge in [-0.05, 0) is 56.0 Å². The molecule has 3 rings (SSSR count). The van der Waals surface area contributed by atoms with Gasteiger partial charge in [0.25, 0.3) is 0 Å². The van der Waals surface area contributed by atoms with Crippen molar-refractivity contribution in [2.45, 2.75) is 26.7 Å². The largest absolute Gasteiger partial charge is 0.494 e. The summed E-state index contributed by atoms with van der Waals surface area (Å²) in [5.41, 5.74) is 4.82. The number of ether oxygens (including phenoxy) is 2. The first kappa shape index (κ1) is 19.8. The second kappa shape index (κ2) is 10.4. The molecule has 0 radical (unpaired) electrons. The van der Waals surface area contributed by atoms with Gasteiger partial charge in [0.15, 0.2) is 0 Å². The molecule has 3 aromatic carbocycles. The average molecular weight is 376 g/mol. The molecule has 3 nitrogen and oxygen atoms in total. The third kappa shape index (κ3) is 6.34. The number of aryl methyl sites for hydroxylation is 3. The van der Waals surface area contributed by atoms with Crippen LogP contribution >= 0.6 is 0 Å². The molecular weight excluding hydrogens is 346 g/mol. The van der Waals surface area contributed by atoms with Crippen molar-refractivity contribution in [3.05, 3.63) is 89.5 Å². The maximum atomic E-state index is 5.90. The van der Waals surface area contributed by atoms with E-state index in [1.807, 2.05) is 36.4 Å². The highest BCUT2D eigenvalue weighted by Crippen LogP contribution is 2.19. The summed E-state index contributed by atoms with van der Waals surface area (Å²) in [6, 6.07) is 24.9. The summed E-state index contributed by atoms with van der Waals surface area (Å²) in [6.07, 6.45) is 2.04. The van der Waals surface area contributed by atoms with E-state index in [1.54, 1.807) is 0 Å².